The molecule has 0 saturated heterocycles. The van der Waals surface area contributed by atoms with E-state index in [1.54, 1.807) is 11.3 Å². The number of rotatable bonds is 2. The Balaban J connectivity index is 2.25. The van der Waals surface area contributed by atoms with Gasteiger partial charge in [-0.3, -0.25) is 4.40 Å². The first-order valence-corrected chi connectivity index (χ1v) is 8.11. The third kappa shape index (κ3) is 2.60. The summed E-state index contributed by atoms with van der Waals surface area (Å²) in [5, 5.41) is 5.65. The van der Waals surface area contributed by atoms with E-state index in [1.807, 2.05) is 18.3 Å². The summed E-state index contributed by atoms with van der Waals surface area (Å²) in [5.41, 5.74) is 1.93. The average Bonchev–Trinajstić information content (AvgIpc) is 2.96. The summed E-state index contributed by atoms with van der Waals surface area (Å²) in [6, 6.07) is 8.20. The fourth-order valence-electron chi connectivity index (χ4n) is 2.08. The van der Waals surface area contributed by atoms with Crippen LogP contribution in [0.1, 0.15) is 20.8 Å². The molecular weight excluding hydrogens is 334 g/mol. The van der Waals surface area contributed by atoms with Crippen molar-refractivity contribution < 1.29 is 0 Å². The number of nitrogens with zero attached hydrogens (tertiary/aromatic N) is 2. The second-order valence-corrected chi connectivity index (χ2v) is 7.60. The van der Waals surface area contributed by atoms with E-state index in [0.717, 1.165) is 21.6 Å². The SMILES string of the molecule is CC(C)(C)Nc1c(-c2cccs2)nc2ccc(Br)cn12. The van der Waals surface area contributed by atoms with Crippen LogP contribution in [0.15, 0.2) is 40.3 Å². The molecule has 0 atom stereocenters. The van der Waals surface area contributed by atoms with Crippen molar-refractivity contribution in [2.45, 2.75) is 26.3 Å². The molecule has 0 aliphatic carbocycles. The van der Waals surface area contributed by atoms with E-state index < -0.39 is 0 Å². The number of anilines is 1. The molecule has 5 heteroatoms. The molecule has 1 N–H and O–H groups in total. The van der Waals surface area contributed by atoms with Crippen molar-refractivity contribution in [2.24, 2.45) is 0 Å². The number of thiophene rings is 1. The van der Waals surface area contributed by atoms with Crippen LogP contribution < -0.4 is 5.32 Å². The van der Waals surface area contributed by atoms with Crippen LogP contribution in [-0.2, 0) is 0 Å². The van der Waals surface area contributed by atoms with Gasteiger partial charge in [0.1, 0.15) is 17.2 Å². The molecule has 3 nitrogen and oxygen atoms in total. The van der Waals surface area contributed by atoms with Gasteiger partial charge in [0.05, 0.1) is 4.88 Å². The smallest absolute Gasteiger partial charge is 0.140 e. The summed E-state index contributed by atoms with van der Waals surface area (Å²) < 4.78 is 3.14. The lowest BCUT2D eigenvalue weighted by atomic mass is 10.1. The van der Waals surface area contributed by atoms with Gasteiger partial charge >= 0.3 is 0 Å². The van der Waals surface area contributed by atoms with Crippen molar-refractivity contribution in [2.75, 3.05) is 5.32 Å². The van der Waals surface area contributed by atoms with Gasteiger partial charge in [-0.1, -0.05) is 6.07 Å². The van der Waals surface area contributed by atoms with Crippen LogP contribution >= 0.6 is 27.3 Å². The highest BCUT2D eigenvalue weighted by Crippen LogP contribution is 2.34. The lowest BCUT2D eigenvalue weighted by Crippen LogP contribution is -2.27. The molecule has 3 rings (SSSR count). The van der Waals surface area contributed by atoms with Crippen molar-refractivity contribution in [1.82, 2.24) is 9.38 Å². The largest absolute Gasteiger partial charge is 0.365 e. The zero-order valence-corrected chi connectivity index (χ0v) is 14.0. The van der Waals surface area contributed by atoms with Gasteiger partial charge < -0.3 is 5.32 Å². The zero-order chi connectivity index (χ0) is 14.3. The Bertz CT molecular complexity index is 738. The summed E-state index contributed by atoms with van der Waals surface area (Å²) in [5.74, 6) is 1.04. The quantitative estimate of drug-likeness (QED) is 0.702. The maximum absolute atomic E-state index is 4.77. The van der Waals surface area contributed by atoms with Crippen LogP contribution in [0.2, 0.25) is 0 Å². The van der Waals surface area contributed by atoms with E-state index in [-0.39, 0.29) is 5.54 Å². The van der Waals surface area contributed by atoms with Crippen LogP contribution in [0.5, 0.6) is 0 Å². The summed E-state index contributed by atoms with van der Waals surface area (Å²) in [6.45, 7) is 6.47. The number of fused-ring (bicyclic) bond motifs is 1. The fourth-order valence-corrected chi connectivity index (χ4v) is 3.13. The topological polar surface area (TPSA) is 29.3 Å². The Morgan fingerprint density at radius 3 is 2.70 bits per heavy atom. The first-order chi connectivity index (χ1) is 9.44. The lowest BCUT2D eigenvalue weighted by Gasteiger charge is -2.22. The minimum absolute atomic E-state index is 0.0235. The van der Waals surface area contributed by atoms with Crippen molar-refractivity contribution in [3.05, 3.63) is 40.3 Å². The average molecular weight is 350 g/mol. The van der Waals surface area contributed by atoms with Gasteiger partial charge in [0.15, 0.2) is 0 Å². The molecule has 0 aliphatic rings. The van der Waals surface area contributed by atoms with E-state index in [4.69, 9.17) is 4.98 Å². The van der Waals surface area contributed by atoms with Crippen LogP contribution in [0.4, 0.5) is 5.82 Å². The van der Waals surface area contributed by atoms with Crippen molar-refractivity contribution >= 4 is 38.7 Å². The molecule has 3 aromatic rings. The van der Waals surface area contributed by atoms with E-state index in [9.17, 15) is 0 Å². The highest BCUT2D eigenvalue weighted by Gasteiger charge is 2.19. The molecule has 104 valence electrons. The Labute approximate surface area is 130 Å². The molecule has 0 saturated carbocycles. The Morgan fingerprint density at radius 2 is 2.05 bits per heavy atom. The third-order valence-electron chi connectivity index (χ3n) is 2.83. The predicted octanol–water partition coefficient (Wildman–Crippen LogP) is 5.04. The molecule has 0 unspecified atom stereocenters. The molecule has 0 aliphatic heterocycles. The summed E-state index contributed by atoms with van der Waals surface area (Å²) in [4.78, 5) is 5.95. The maximum atomic E-state index is 4.77. The van der Waals surface area contributed by atoms with Gasteiger partial charge in [-0.05, 0) is 60.3 Å². The summed E-state index contributed by atoms with van der Waals surface area (Å²) >= 11 is 5.24. The van der Waals surface area contributed by atoms with Crippen LogP contribution in [0, 0.1) is 0 Å². The number of pyridine rings is 1. The van der Waals surface area contributed by atoms with Crippen LogP contribution in [-0.4, -0.2) is 14.9 Å². The molecule has 0 spiro atoms. The van der Waals surface area contributed by atoms with E-state index >= 15 is 0 Å². The standard InChI is InChI=1S/C15H16BrN3S/c1-15(2,3)18-14-13(11-5-4-8-20-11)17-12-7-6-10(16)9-19(12)14/h4-9,18H,1-3H3. The number of nitrogens with one attached hydrogen (secondary N) is 1. The Hall–Kier alpha value is -1.33. The zero-order valence-electron chi connectivity index (χ0n) is 11.6. The monoisotopic (exact) mass is 349 g/mol. The molecule has 3 heterocycles. The van der Waals surface area contributed by atoms with Crippen molar-refractivity contribution in [3.63, 3.8) is 0 Å². The van der Waals surface area contributed by atoms with Gasteiger partial charge in [-0.25, -0.2) is 4.98 Å². The fraction of sp³-hybridized carbons (Fsp3) is 0.267. The van der Waals surface area contributed by atoms with E-state index in [0.29, 0.717) is 0 Å². The summed E-state index contributed by atoms with van der Waals surface area (Å²) in [7, 11) is 0. The van der Waals surface area contributed by atoms with Gasteiger partial charge in [-0.15, -0.1) is 11.3 Å². The van der Waals surface area contributed by atoms with Gasteiger partial charge in [0.2, 0.25) is 0 Å². The predicted molar refractivity (Wildman–Crippen MR) is 89.6 cm³/mol. The molecule has 20 heavy (non-hydrogen) atoms. The second-order valence-electron chi connectivity index (χ2n) is 5.74. The third-order valence-corrected chi connectivity index (χ3v) is 4.18. The van der Waals surface area contributed by atoms with Gasteiger partial charge in [0, 0.05) is 16.2 Å². The highest BCUT2D eigenvalue weighted by atomic mass is 79.9. The molecular formula is C15H16BrN3S. The minimum Gasteiger partial charge on any atom is -0.365 e. The first-order valence-electron chi connectivity index (χ1n) is 6.44. The summed E-state index contributed by atoms with van der Waals surface area (Å²) in [6.07, 6.45) is 2.05. The molecule has 0 radical (unpaired) electrons. The number of halogens is 1. The molecule has 3 aromatic heterocycles. The molecule has 0 aromatic carbocycles. The number of aromatic nitrogens is 2. The van der Waals surface area contributed by atoms with Crippen LogP contribution in [0.3, 0.4) is 0 Å². The Kier molecular flexibility index (Phi) is 3.34. The molecule has 0 bridgehead atoms. The number of hydrogen-bond donors (Lipinski definition) is 1. The number of imidazole rings is 1. The van der Waals surface area contributed by atoms with Gasteiger partial charge in [0.25, 0.3) is 0 Å². The minimum atomic E-state index is -0.0235. The van der Waals surface area contributed by atoms with Crippen LogP contribution in [0.25, 0.3) is 16.2 Å². The van der Waals surface area contributed by atoms with Crippen molar-refractivity contribution in [1.29, 1.82) is 0 Å². The first kappa shape index (κ1) is 13.6. The molecule has 0 amide bonds. The Morgan fingerprint density at radius 1 is 1.25 bits per heavy atom. The highest BCUT2D eigenvalue weighted by molar-refractivity contribution is 9.10. The van der Waals surface area contributed by atoms with E-state index in [2.05, 4.69) is 63.9 Å². The lowest BCUT2D eigenvalue weighted by molar-refractivity contribution is 0.629. The normalized spacial score (nSPS) is 12.0. The van der Waals surface area contributed by atoms with Gasteiger partial charge in [-0.2, -0.15) is 0 Å². The van der Waals surface area contributed by atoms with Crippen molar-refractivity contribution in [3.8, 4) is 10.6 Å². The molecule has 0 fully saturated rings. The second kappa shape index (κ2) is 4.90. The van der Waals surface area contributed by atoms with E-state index in [1.165, 1.54) is 4.88 Å². The maximum Gasteiger partial charge on any atom is 0.140 e. The number of hydrogen-bond acceptors (Lipinski definition) is 3.